The second kappa shape index (κ2) is 6.59. The molecule has 2 heterocycles. The van der Waals surface area contributed by atoms with Gasteiger partial charge in [-0.15, -0.1) is 0 Å². The van der Waals surface area contributed by atoms with Gasteiger partial charge in [0, 0.05) is 49.8 Å². The van der Waals surface area contributed by atoms with E-state index in [2.05, 4.69) is 31.0 Å². The highest BCUT2D eigenvalue weighted by Gasteiger charge is 2.41. The van der Waals surface area contributed by atoms with Gasteiger partial charge < -0.3 is 9.80 Å². The minimum Gasteiger partial charge on any atom is -0.344 e. The van der Waals surface area contributed by atoms with Gasteiger partial charge >= 0.3 is 0 Å². The highest BCUT2D eigenvalue weighted by Crippen LogP contribution is 2.39. The van der Waals surface area contributed by atoms with Gasteiger partial charge in [-0.25, -0.2) is 4.98 Å². The van der Waals surface area contributed by atoms with Gasteiger partial charge in [0.05, 0.1) is 6.54 Å². The van der Waals surface area contributed by atoms with Crippen molar-refractivity contribution in [1.82, 2.24) is 19.2 Å². The van der Waals surface area contributed by atoms with Crippen molar-refractivity contribution in [3.63, 3.8) is 0 Å². The Hall–Kier alpha value is -1.21. The van der Waals surface area contributed by atoms with Gasteiger partial charge in [0.25, 0.3) is 0 Å². The van der Waals surface area contributed by atoms with Crippen LogP contribution in [0, 0.1) is 12.8 Å². The molecule has 2 aliphatic carbocycles. The molecule has 0 radical (unpaired) electrons. The van der Waals surface area contributed by atoms with Crippen molar-refractivity contribution >= 4 is 22.6 Å². The highest BCUT2D eigenvalue weighted by molar-refractivity contribution is 7.09. The molecule has 1 aromatic rings. The Labute approximate surface area is 148 Å². The summed E-state index contributed by atoms with van der Waals surface area (Å²) >= 11 is 1.47. The van der Waals surface area contributed by atoms with E-state index >= 15 is 0 Å². The lowest BCUT2D eigenvalue weighted by Crippen LogP contribution is -2.52. The molecule has 2 saturated carbocycles. The Morgan fingerprint density at radius 1 is 1.25 bits per heavy atom. The fourth-order valence-electron chi connectivity index (χ4n) is 3.71. The minimum atomic E-state index is 0.345. The molecule has 0 aromatic carbocycles. The number of rotatable bonds is 6. The van der Waals surface area contributed by atoms with E-state index in [1.807, 2.05) is 6.92 Å². The molecule has 1 aromatic heterocycles. The maximum atomic E-state index is 12.9. The summed E-state index contributed by atoms with van der Waals surface area (Å²) in [5.74, 6) is 1.95. The fourth-order valence-corrected chi connectivity index (χ4v) is 4.43. The quantitative estimate of drug-likeness (QED) is 0.783. The lowest BCUT2D eigenvalue weighted by molar-refractivity contribution is -0.135. The summed E-state index contributed by atoms with van der Waals surface area (Å²) in [6.45, 7) is 8.50. The average Bonchev–Trinajstić information content (AvgIpc) is 3.47. The fraction of sp³-hybridized carbons (Fsp3) is 0.824. The zero-order chi connectivity index (χ0) is 16.7. The van der Waals surface area contributed by atoms with Crippen LogP contribution in [0.4, 0.5) is 5.13 Å². The van der Waals surface area contributed by atoms with Crippen LogP contribution in [0.5, 0.6) is 0 Å². The molecule has 4 rings (SSSR count). The van der Waals surface area contributed by atoms with Gasteiger partial charge in [0.1, 0.15) is 5.82 Å². The monoisotopic (exact) mass is 349 g/mol. The van der Waals surface area contributed by atoms with E-state index in [-0.39, 0.29) is 0 Å². The number of hydrogen-bond donors (Lipinski definition) is 0. The molecular formula is C17H27N5OS. The molecule has 3 aliphatic rings. The number of aryl methyl sites for hydroxylation is 1. The molecule has 0 spiro atoms. The molecule has 0 unspecified atom stereocenters. The number of aromatic nitrogens is 2. The van der Waals surface area contributed by atoms with Crippen LogP contribution in [0.3, 0.4) is 0 Å². The predicted molar refractivity (Wildman–Crippen MR) is 95.4 cm³/mol. The number of carbonyl (C=O) groups is 1. The molecule has 7 heteroatoms. The molecule has 1 atom stereocenters. The third-order valence-electron chi connectivity index (χ3n) is 5.49. The maximum Gasteiger partial charge on any atom is 0.237 e. The van der Waals surface area contributed by atoms with Crippen molar-refractivity contribution in [3.05, 3.63) is 5.82 Å². The number of hydrogen-bond acceptors (Lipinski definition) is 6. The topological polar surface area (TPSA) is 52.6 Å². The van der Waals surface area contributed by atoms with Crippen LogP contribution in [0.2, 0.25) is 0 Å². The Balaban J connectivity index is 1.30. The predicted octanol–water partition coefficient (Wildman–Crippen LogP) is 1.76. The third kappa shape index (κ3) is 3.57. The van der Waals surface area contributed by atoms with Gasteiger partial charge in [-0.2, -0.15) is 4.37 Å². The summed E-state index contributed by atoms with van der Waals surface area (Å²) in [5, 5.41) is 1.01. The third-order valence-corrected chi connectivity index (χ3v) is 6.36. The van der Waals surface area contributed by atoms with Crippen molar-refractivity contribution in [1.29, 1.82) is 0 Å². The lowest BCUT2D eigenvalue weighted by Gasteiger charge is -2.36. The summed E-state index contributed by atoms with van der Waals surface area (Å²) < 4.78 is 4.27. The van der Waals surface area contributed by atoms with Gasteiger partial charge in [0.15, 0.2) is 0 Å². The molecule has 6 nitrogen and oxygen atoms in total. The summed E-state index contributed by atoms with van der Waals surface area (Å²) in [7, 11) is 0. The maximum absolute atomic E-state index is 12.9. The largest absolute Gasteiger partial charge is 0.344 e. The van der Waals surface area contributed by atoms with Crippen LogP contribution in [0.25, 0.3) is 0 Å². The number of piperazine rings is 1. The number of amides is 1. The van der Waals surface area contributed by atoms with Crippen molar-refractivity contribution in [2.24, 2.45) is 5.92 Å². The summed E-state index contributed by atoms with van der Waals surface area (Å²) in [6.07, 6.45) is 5.01. The van der Waals surface area contributed by atoms with E-state index in [4.69, 9.17) is 0 Å². The van der Waals surface area contributed by atoms with E-state index in [1.165, 1.54) is 37.2 Å². The Morgan fingerprint density at radius 2 is 1.96 bits per heavy atom. The smallest absolute Gasteiger partial charge is 0.237 e. The molecule has 0 bridgehead atoms. The standard InChI is InChI=1S/C17H27N5OS/c1-12(14-3-4-14)22(15-5-6-15)16(23)11-20-7-9-21(10-8-20)17-18-13(2)19-24-17/h12,14-15H,3-11H2,1-2H3/t12-/m1/s1. The number of anilines is 1. The molecule has 1 amide bonds. The van der Waals surface area contributed by atoms with Crippen molar-refractivity contribution < 1.29 is 4.79 Å². The molecular weight excluding hydrogens is 322 g/mol. The van der Waals surface area contributed by atoms with Crippen LogP contribution >= 0.6 is 11.5 Å². The Kier molecular flexibility index (Phi) is 4.47. The Morgan fingerprint density at radius 3 is 2.50 bits per heavy atom. The van der Waals surface area contributed by atoms with Gasteiger partial charge in [-0.1, -0.05) is 0 Å². The first-order valence-electron chi connectivity index (χ1n) is 9.20. The summed E-state index contributed by atoms with van der Waals surface area (Å²) in [5.41, 5.74) is 0. The van der Waals surface area contributed by atoms with Crippen LogP contribution in [0.15, 0.2) is 0 Å². The van der Waals surface area contributed by atoms with Crippen molar-refractivity contribution in [3.8, 4) is 0 Å². The second-order valence-electron chi connectivity index (χ2n) is 7.50. The lowest BCUT2D eigenvalue weighted by atomic mass is 10.1. The first-order chi connectivity index (χ1) is 11.6. The van der Waals surface area contributed by atoms with Crippen LogP contribution in [-0.2, 0) is 4.79 Å². The molecule has 1 saturated heterocycles. The highest BCUT2D eigenvalue weighted by atomic mass is 32.1. The van der Waals surface area contributed by atoms with E-state index in [9.17, 15) is 4.79 Å². The van der Waals surface area contributed by atoms with Crippen LogP contribution in [-0.4, -0.2) is 69.9 Å². The number of nitrogens with zero attached hydrogens (tertiary/aromatic N) is 5. The van der Waals surface area contributed by atoms with E-state index < -0.39 is 0 Å². The Bertz CT molecular complexity index is 590. The molecule has 1 aliphatic heterocycles. The average molecular weight is 350 g/mol. The first kappa shape index (κ1) is 16.3. The minimum absolute atomic E-state index is 0.345. The van der Waals surface area contributed by atoms with E-state index in [0.717, 1.165) is 43.1 Å². The second-order valence-corrected chi connectivity index (χ2v) is 8.23. The van der Waals surface area contributed by atoms with Crippen LogP contribution < -0.4 is 4.90 Å². The molecule has 3 fully saturated rings. The van der Waals surface area contributed by atoms with Crippen molar-refractivity contribution in [2.45, 2.75) is 51.6 Å². The summed E-state index contributed by atoms with van der Waals surface area (Å²) in [6, 6.07) is 0.967. The van der Waals surface area contributed by atoms with Crippen molar-refractivity contribution in [2.75, 3.05) is 37.6 Å². The normalized spacial score (nSPS) is 23.3. The van der Waals surface area contributed by atoms with Gasteiger partial charge in [0.2, 0.25) is 11.0 Å². The van der Waals surface area contributed by atoms with Crippen LogP contribution in [0.1, 0.15) is 38.4 Å². The summed E-state index contributed by atoms with van der Waals surface area (Å²) in [4.78, 5) is 24.2. The zero-order valence-electron chi connectivity index (χ0n) is 14.6. The van der Waals surface area contributed by atoms with Gasteiger partial charge in [-0.3, -0.25) is 9.69 Å². The zero-order valence-corrected chi connectivity index (χ0v) is 15.5. The molecule has 0 N–H and O–H groups in total. The molecule has 132 valence electrons. The number of carbonyl (C=O) groups excluding carboxylic acids is 1. The first-order valence-corrected chi connectivity index (χ1v) is 9.98. The van der Waals surface area contributed by atoms with E-state index in [1.54, 1.807) is 0 Å². The van der Waals surface area contributed by atoms with Gasteiger partial charge in [-0.05, 0) is 45.4 Å². The molecule has 24 heavy (non-hydrogen) atoms. The SMILES string of the molecule is Cc1nsc(N2CCN(CC(=O)N(C3CC3)[C@H](C)C3CC3)CC2)n1. The van der Waals surface area contributed by atoms with E-state index in [0.29, 0.717) is 24.5 Å².